The summed E-state index contributed by atoms with van der Waals surface area (Å²) in [5, 5.41) is 9.96. The molecule has 0 unspecified atom stereocenters. The zero-order valence-corrected chi connectivity index (χ0v) is 12.9. The Hall–Kier alpha value is -0.850. The van der Waals surface area contributed by atoms with Gasteiger partial charge in [0.15, 0.2) is 4.67 Å². The Balaban J connectivity index is 1.57. The first-order chi connectivity index (χ1) is 9.65. The van der Waals surface area contributed by atoms with Gasteiger partial charge in [0.2, 0.25) is 0 Å². The molecule has 2 fully saturated rings. The van der Waals surface area contributed by atoms with Gasteiger partial charge in [-0.1, -0.05) is 0 Å². The lowest BCUT2D eigenvalue weighted by Crippen LogP contribution is -2.53. The molecule has 0 radical (unpaired) electrons. The minimum Gasteiger partial charge on any atom is -0.457 e. The van der Waals surface area contributed by atoms with Gasteiger partial charge in [0.05, 0.1) is 11.7 Å². The molecule has 0 bridgehead atoms. The quantitative estimate of drug-likeness (QED) is 0.888. The summed E-state index contributed by atoms with van der Waals surface area (Å²) in [6, 6.07) is 1.99. The highest BCUT2D eigenvalue weighted by molar-refractivity contribution is 9.10. The van der Waals surface area contributed by atoms with Crippen LogP contribution in [0, 0.1) is 0 Å². The van der Waals surface area contributed by atoms with Gasteiger partial charge in [-0.15, -0.1) is 0 Å². The number of aliphatic hydroxyl groups is 1. The van der Waals surface area contributed by atoms with Crippen LogP contribution in [0.4, 0.5) is 0 Å². The van der Waals surface area contributed by atoms with E-state index in [4.69, 9.17) is 4.42 Å². The molecule has 5 nitrogen and oxygen atoms in total. The third kappa shape index (κ3) is 2.77. The molecule has 20 heavy (non-hydrogen) atoms. The van der Waals surface area contributed by atoms with E-state index in [1.807, 2.05) is 4.90 Å². The second-order valence-corrected chi connectivity index (χ2v) is 6.31. The van der Waals surface area contributed by atoms with E-state index in [0.29, 0.717) is 23.3 Å². The van der Waals surface area contributed by atoms with Crippen molar-refractivity contribution in [3.05, 3.63) is 22.6 Å². The topological polar surface area (TPSA) is 56.9 Å². The van der Waals surface area contributed by atoms with Crippen molar-refractivity contribution >= 4 is 21.8 Å². The van der Waals surface area contributed by atoms with Gasteiger partial charge in [-0.3, -0.25) is 9.69 Å². The fourth-order valence-electron chi connectivity index (χ4n) is 3.21. The number of hydrogen-bond acceptors (Lipinski definition) is 4. The Labute approximate surface area is 126 Å². The number of aliphatic hydroxyl groups excluding tert-OH is 1. The highest BCUT2D eigenvalue weighted by Crippen LogP contribution is 2.25. The van der Waals surface area contributed by atoms with Crippen LogP contribution in [0.2, 0.25) is 0 Å². The zero-order valence-electron chi connectivity index (χ0n) is 11.3. The third-order valence-corrected chi connectivity index (χ3v) is 4.74. The van der Waals surface area contributed by atoms with Gasteiger partial charge in [0.25, 0.3) is 5.91 Å². The molecule has 1 saturated carbocycles. The molecule has 2 heterocycles. The van der Waals surface area contributed by atoms with E-state index >= 15 is 0 Å². The Morgan fingerprint density at radius 3 is 2.60 bits per heavy atom. The second-order valence-electron chi connectivity index (χ2n) is 5.53. The number of rotatable bonds is 2. The summed E-state index contributed by atoms with van der Waals surface area (Å²) in [6.45, 7) is 3.11. The van der Waals surface area contributed by atoms with E-state index in [1.54, 1.807) is 6.07 Å². The van der Waals surface area contributed by atoms with Crippen LogP contribution in [0.3, 0.4) is 0 Å². The van der Waals surface area contributed by atoms with E-state index in [1.165, 1.54) is 6.26 Å². The van der Waals surface area contributed by atoms with E-state index < -0.39 is 0 Å². The van der Waals surface area contributed by atoms with Gasteiger partial charge in [-0.05, 0) is 35.2 Å². The normalized spacial score (nSPS) is 28.0. The van der Waals surface area contributed by atoms with E-state index in [2.05, 4.69) is 20.8 Å². The van der Waals surface area contributed by atoms with Crippen LogP contribution >= 0.6 is 15.9 Å². The minimum atomic E-state index is -0.193. The van der Waals surface area contributed by atoms with Crippen LogP contribution in [-0.4, -0.2) is 59.1 Å². The number of furan rings is 1. The van der Waals surface area contributed by atoms with Gasteiger partial charge in [-0.25, -0.2) is 0 Å². The van der Waals surface area contributed by atoms with Crippen LogP contribution < -0.4 is 0 Å². The second kappa shape index (κ2) is 5.87. The van der Waals surface area contributed by atoms with Crippen molar-refractivity contribution in [2.75, 3.05) is 26.2 Å². The van der Waals surface area contributed by atoms with Gasteiger partial charge in [0.1, 0.15) is 6.26 Å². The van der Waals surface area contributed by atoms with Crippen LogP contribution in [0.25, 0.3) is 0 Å². The predicted octanol–water partition coefficient (Wildman–Crippen LogP) is 1.71. The number of carbonyl (C=O) groups is 1. The molecule has 1 saturated heterocycles. The fraction of sp³-hybridized carbons (Fsp3) is 0.643. The van der Waals surface area contributed by atoms with Gasteiger partial charge in [0, 0.05) is 38.3 Å². The van der Waals surface area contributed by atoms with Crippen molar-refractivity contribution in [3.8, 4) is 0 Å². The molecular weight excluding hydrogens is 324 g/mol. The summed E-state index contributed by atoms with van der Waals surface area (Å²) < 4.78 is 5.70. The number of nitrogens with zero attached hydrogens (tertiary/aromatic N) is 2. The largest absolute Gasteiger partial charge is 0.457 e. The first-order valence-corrected chi connectivity index (χ1v) is 7.90. The molecule has 1 N–H and O–H groups in total. The van der Waals surface area contributed by atoms with Crippen LogP contribution in [0.15, 0.2) is 21.4 Å². The number of carbonyl (C=O) groups excluding carboxylic acids is 1. The van der Waals surface area contributed by atoms with Crippen molar-refractivity contribution in [2.24, 2.45) is 0 Å². The van der Waals surface area contributed by atoms with E-state index in [0.717, 1.165) is 32.4 Å². The van der Waals surface area contributed by atoms with Crippen molar-refractivity contribution in [1.29, 1.82) is 0 Å². The first kappa shape index (κ1) is 14.1. The van der Waals surface area contributed by atoms with E-state index in [-0.39, 0.29) is 18.1 Å². The summed E-state index contributed by atoms with van der Waals surface area (Å²) in [4.78, 5) is 16.5. The molecule has 1 aliphatic carbocycles. The summed E-state index contributed by atoms with van der Waals surface area (Å²) in [5.74, 6) is 0.0195. The predicted molar refractivity (Wildman–Crippen MR) is 77.5 cm³/mol. The number of halogens is 1. The summed E-state index contributed by atoms with van der Waals surface area (Å²) >= 11 is 3.21. The van der Waals surface area contributed by atoms with Crippen LogP contribution in [-0.2, 0) is 0 Å². The summed E-state index contributed by atoms with van der Waals surface area (Å²) in [6.07, 6.45) is 4.38. The molecule has 2 aliphatic rings. The highest BCUT2D eigenvalue weighted by atomic mass is 79.9. The molecule has 0 spiro atoms. The maximum absolute atomic E-state index is 12.3. The van der Waals surface area contributed by atoms with Gasteiger partial charge >= 0.3 is 0 Å². The van der Waals surface area contributed by atoms with Crippen molar-refractivity contribution in [2.45, 2.75) is 31.4 Å². The molecule has 1 aromatic heterocycles. The Kier molecular flexibility index (Phi) is 4.14. The van der Waals surface area contributed by atoms with E-state index in [9.17, 15) is 9.90 Å². The van der Waals surface area contributed by atoms with Crippen molar-refractivity contribution in [1.82, 2.24) is 9.80 Å². The van der Waals surface area contributed by atoms with Crippen molar-refractivity contribution in [3.63, 3.8) is 0 Å². The Morgan fingerprint density at radius 1 is 1.30 bits per heavy atom. The number of piperazine rings is 1. The van der Waals surface area contributed by atoms with Crippen LogP contribution in [0.5, 0.6) is 0 Å². The van der Waals surface area contributed by atoms with Crippen LogP contribution in [0.1, 0.15) is 29.6 Å². The molecule has 1 amide bonds. The molecule has 6 heteroatoms. The lowest BCUT2D eigenvalue weighted by molar-refractivity contribution is 0.0315. The molecule has 2 atom stereocenters. The Bertz CT molecular complexity index is 483. The van der Waals surface area contributed by atoms with Gasteiger partial charge in [-0.2, -0.15) is 0 Å². The zero-order chi connectivity index (χ0) is 14.1. The lowest BCUT2D eigenvalue weighted by atomic mass is 10.1. The molecule has 0 aromatic carbocycles. The Morgan fingerprint density at radius 2 is 2.05 bits per heavy atom. The molecule has 1 aliphatic heterocycles. The number of hydrogen-bond donors (Lipinski definition) is 1. The smallest absolute Gasteiger partial charge is 0.257 e. The monoisotopic (exact) mass is 342 g/mol. The third-order valence-electron chi connectivity index (χ3n) is 4.33. The summed E-state index contributed by atoms with van der Waals surface area (Å²) in [5.41, 5.74) is 0.589. The van der Waals surface area contributed by atoms with Gasteiger partial charge < -0.3 is 14.4 Å². The van der Waals surface area contributed by atoms with Crippen molar-refractivity contribution < 1.29 is 14.3 Å². The standard InChI is InChI=1S/C14H19BrN2O3/c15-13-8-10(9-20-13)14(19)17-6-4-16(5-7-17)11-2-1-3-12(11)18/h8-9,11-12,18H,1-7H2/t11-,12-/m1/s1. The highest BCUT2D eigenvalue weighted by Gasteiger charge is 2.33. The molecule has 1 aromatic rings. The first-order valence-electron chi connectivity index (χ1n) is 7.10. The fourth-order valence-corrected chi connectivity index (χ4v) is 3.55. The SMILES string of the molecule is O=C(c1coc(Br)c1)N1CCN([C@@H]2CCC[C@H]2O)CC1. The number of amides is 1. The molecular formula is C14H19BrN2O3. The average Bonchev–Trinajstić information content (AvgIpc) is 3.07. The average molecular weight is 343 g/mol. The maximum atomic E-state index is 12.3. The minimum absolute atomic E-state index is 0.0195. The maximum Gasteiger partial charge on any atom is 0.257 e. The lowest BCUT2D eigenvalue weighted by Gasteiger charge is -2.39. The molecule has 110 valence electrons. The molecule has 3 rings (SSSR count). The summed E-state index contributed by atoms with van der Waals surface area (Å²) in [7, 11) is 0.